The molecule has 0 saturated carbocycles. The molecule has 0 fully saturated rings. The van der Waals surface area contributed by atoms with Gasteiger partial charge in [-0.05, 0) is 6.16 Å². The topological polar surface area (TPSA) is 121 Å². The molecule has 0 aromatic heterocycles. The molecule has 0 amide bonds. The summed E-state index contributed by atoms with van der Waals surface area (Å²) in [6.07, 6.45) is -4.17. The summed E-state index contributed by atoms with van der Waals surface area (Å²) in [5, 5.41) is 30.6. The van der Waals surface area contributed by atoms with Crippen LogP contribution in [0, 0.1) is 0 Å². The maximum Gasteiger partial charge on any atom is 2.00 e. The van der Waals surface area contributed by atoms with Gasteiger partial charge in [0.25, 0.3) is 0 Å². The maximum atomic E-state index is 8.56. The van der Waals surface area contributed by atoms with Crippen molar-refractivity contribution in [3.63, 3.8) is 0 Å². The molecule has 6 nitrogen and oxygen atoms in total. The number of hydrogen-bond donors (Lipinski definition) is 2. The van der Waals surface area contributed by atoms with Crippen LogP contribution in [0.3, 0.4) is 0 Å². The fraction of sp³-hybridized carbons (Fsp3) is 0. The number of carbonyl (C=O) groups excluding carboxylic acids is 1. The standard InChI is InChI=1S/2CH2O3.Mg.H2S/c2*2-1(3)4;;/h2*(H2,2,3,4);;1H2/q;;+2;/p-2. The molecule has 0 aromatic rings. The first-order valence-corrected chi connectivity index (χ1v) is 1.26. The first kappa shape index (κ1) is 22.6. The summed E-state index contributed by atoms with van der Waals surface area (Å²) in [6.45, 7) is 0. The quantitative estimate of drug-likeness (QED) is 0.398. The van der Waals surface area contributed by atoms with E-state index < -0.39 is 12.3 Å². The predicted molar refractivity (Wildman–Crippen MR) is 32.2 cm³/mol. The largest absolute Gasteiger partial charge is 2.00 e. The molecular weight excluding hydrogens is 176 g/mol. The van der Waals surface area contributed by atoms with Crippen molar-refractivity contribution in [1.29, 1.82) is 0 Å². The van der Waals surface area contributed by atoms with Gasteiger partial charge in [0.2, 0.25) is 0 Å². The summed E-state index contributed by atoms with van der Waals surface area (Å²) in [6, 6.07) is 0. The van der Waals surface area contributed by atoms with Gasteiger partial charge in [-0.3, -0.25) is 0 Å². The van der Waals surface area contributed by atoms with Crippen LogP contribution in [0.25, 0.3) is 0 Å². The van der Waals surface area contributed by atoms with Crippen LogP contribution in [0.5, 0.6) is 0 Å². The summed E-state index contributed by atoms with van der Waals surface area (Å²) >= 11 is 0. The summed E-state index contributed by atoms with van der Waals surface area (Å²) in [4.78, 5) is 16.9. The van der Waals surface area contributed by atoms with Crippen molar-refractivity contribution in [2.75, 3.05) is 0 Å². The molecule has 2 N–H and O–H groups in total. The van der Waals surface area contributed by atoms with E-state index in [1.165, 1.54) is 0 Å². The Balaban J connectivity index is -0.0000000300. The molecule has 0 unspecified atom stereocenters. The molecule has 8 heteroatoms. The smallest absolute Gasteiger partial charge is 0.652 e. The van der Waals surface area contributed by atoms with Crippen molar-refractivity contribution in [2.24, 2.45) is 0 Å². The number of carbonyl (C=O) groups is 2. The normalized spacial score (nSPS) is 4.80. The van der Waals surface area contributed by atoms with E-state index in [0.29, 0.717) is 0 Å². The molecule has 0 bridgehead atoms. The van der Waals surface area contributed by atoms with Gasteiger partial charge in [0.1, 0.15) is 0 Å². The van der Waals surface area contributed by atoms with Crippen LogP contribution in [-0.4, -0.2) is 45.6 Å². The minimum Gasteiger partial charge on any atom is -0.652 e. The Hall–Kier alpha value is -0.344. The predicted octanol–water partition coefficient (Wildman–Crippen LogP) is -2.49. The first-order chi connectivity index (χ1) is 3.46. The Bertz CT molecular complexity index is 73.7. The van der Waals surface area contributed by atoms with E-state index in [1.54, 1.807) is 0 Å². The Morgan fingerprint density at radius 3 is 1.10 bits per heavy atom. The van der Waals surface area contributed by atoms with Gasteiger partial charge in [-0.25, -0.2) is 4.79 Å². The van der Waals surface area contributed by atoms with Gasteiger partial charge in [-0.15, -0.1) is 0 Å². The monoisotopic (exact) mass is 180 g/mol. The van der Waals surface area contributed by atoms with Crippen LogP contribution >= 0.6 is 13.5 Å². The van der Waals surface area contributed by atoms with Gasteiger partial charge in [0, 0.05) is 0 Å². The molecule has 0 aliphatic heterocycles. The van der Waals surface area contributed by atoms with Crippen LogP contribution < -0.4 is 10.2 Å². The molecule has 56 valence electrons. The first-order valence-electron chi connectivity index (χ1n) is 1.26. The van der Waals surface area contributed by atoms with Crippen molar-refractivity contribution in [3.05, 3.63) is 0 Å². The molecule has 0 spiro atoms. The molecular formula is C2H4MgO6S. The van der Waals surface area contributed by atoms with Gasteiger partial charge in [-0.2, -0.15) is 13.5 Å². The van der Waals surface area contributed by atoms with Gasteiger partial charge >= 0.3 is 29.2 Å². The number of hydrogen-bond acceptors (Lipinski definition) is 4. The second kappa shape index (κ2) is 15.9. The third-order valence-corrected chi connectivity index (χ3v) is 0. The van der Waals surface area contributed by atoms with E-state index in [2.05, 4.69) is 0 Å². The van der Waals surface area contributed by atoms with E-state index in [4.69, 9.17) is 30.0 Å². The molecule has 0 saturated heterocycles. The van der Waals surface area contributed by atoms with E-state index in [0.717, 1.165) is 0 Å². The van der Waals surface area contributed by atoms with Crippen molar-refractivity contribution in [1.82, 2.24) is 0 Å². The Morgan fingerprint density at radius 1 is 1.10 bits per heavy atom. The van der Waals surface area contributed by atoms with E-state index in [-0.39, 0.29) is 36.5 Å². The maximum absolute atomic E-state index is 8.56. The second-order valence-corrected chi connectivity index (χ2v) is 0.533. The van der Waals surface area contributed by atoms with Gasteiger partial charge in [0.05, 0.1) is 0 Å². The zero-order valence-electron chi connectivity index (χ0n) is 4.73. The third kappa shape index (κ3) is 2870. The second-order valence-electron chi connectivity index (χ2n) is 0.533. The molecule has 0 aliphatic rings. The fourth-order valence-electron chi connectivity index (χ4n) is 0. The summed E-state index contributed by atoms with van der Waals surface area (Å²) in [5.74, 6) is 0. The SMILES string of the molecule is O=C(O)O.O=C([O-])[O-].S.[Mg+2]. The average molecular weight is 180 g/mol. The zero-order chi connectivity index (χ0) is 7.15. The van der Waals surface area contributed by atoms with Crippen LogP contribution in [0.15, 0.2) is 0 Å². The van der Waals surface area contributed by atoms with E-state index in [1.807, 2.05) is 0 Å². The Morgan fingerprint density at radius 2 is 1.10 bits per heavy atom. The van der Waals surface area contributed by atoms with Crippen molar-refractivity contribution in [2.45, 2.75) is 0 Å². The third-order valence-electron chi connectivity index (χ3n) is 0. The Labute approximate surface area is 79.1 Å². The van der Waals surface area contributed by atoms with Crippen LogP contribution in [-0.2, 0) is 0 Å². The molecule has 0 rings (SSSR count). The average Bonchev–Trinajstić information content (AvgIpc) is 1.25. The van der Waals surface area contributed by atoms with Gasteiger partial charge < -0.3 is 25.2 Å². The van der Waals surface area contributed by atoms with Gasteiger partial charge in [0.15, 0.2) is 0 Å². The van der Waals surface area contributed by atoms with Gasteiger partial charge in [-0.1, -0.05) is 0 Å². The minimum atomic E-state index is -2.33. The van der Waals surface area contributed by atoms with Crippen LogP contribution in [0.4, 0.5) is 9.59 Å². The van der Waals surface area contributed by atoms with E-state index in [9.17, 15) is 0 Å². The van der Waals surface area contributed by atoms with Crippen molar-refractivity contribution < 1.29 is 30.0 Å². The molecule has 0 atom stereocenters. The molecule has 0 aromatic carbocycles. The summed E-state index contributed by atoms with van der Waals surface area (Å²) in [5.41, 5.74) is 0. The number of rotatable bonds is 0. The van der Waals surface area contributed by atoms with Crippen LogP contribution in [0.2, 0.25) is 0 Å². The van der Waals surface area contributed by atoms with Crippen molar-refractivity contribution >= 4 is 48.9 Å². The fourth-order valence-corrected chi connectivity index (χ4v) is 0. The minimum absolute atomic E-state index is 0. The summed E-state index contributed by atoms with van der Waals surface area (Å²) < 4.78 is 0. The molecule has 10 heavy (non-hydrogen) atoms. The number of carboxylic acid groups (broad SMARTS) is 4. The molecule has 0 aliphatic carbocycles. The zero-order valence-corrected chi connectivity index (χ0v) is 7.15. The Kier molecular flexibility index (Phi) is 35.9. The molecule has 0 heterocycles. The van der Waals surface area contributed by atoms with Crippen LogP contribution in [0.1, 0.15) is 0 Å². The molecule has 0 radical (unpaired) electrons. The van der Waals surface area contributed by atoms with E-state index >= 15 is 0 Å². The summed E-state index contributed by atoms with van der Waals surface area (Å²) in [7, 11) is 0. The van der Waals surface area contributed by atoms with Crippen molar-refractivity contribution in [3.8, 4) is 0 Å².